The van der Waals surface area contributed by atoms with Crippen molar-refractivity contribution in [1.29, 1.82) is 0 Å². The van der Waals surface area contributed by atoms with Crippen molar-refractivity contribution in [2.24, 2.45) is 4.99 Å². The van der Waals surface area contributed by atoms with Crippen LogP contribution in [0.5, 0.6) is 0 Å². The molecule has 1 aromatic carbocycles. The summed E-state index contributed by atoms with van der Waals surface area (Å²) in [5.41, 5.74) is 0.978. The smallest absolute Gasteiger partial charge is 0.247 e. The molecule has 0 amide bonds. The van der Waals surface area contributed by atoms with Gasteiger partial charge in [-0.2, -0.15) is 9.78 Å². The van der Waals surface area contributed by atoms with Gasteiger partial charge in [0.15, 0.2) is 0 Å². The molecule has 2 rings (SSSR count). The van der Waals surface area contributed by atoms with Crippen molar-refractivity contribution in [2.45, 2.75) is 11.8 Å². The highest BCUT2D eigenvalue weighted by Gasteiger charge is 2.17. The number of benzene rings is 1. The normalized spacial score (nSPS) is 12.1. The molecule has 7 nitrogen and oxygen atoms in total. The first kappa shape index (κ1) is 14.9. The predicted octanol–water partition coefficient (Wildman–Crippen LogP) is 0.955. The van der Waals surface area contributed by atoms with Gasteiger partial charge in [-0.25, -0.2) is 23.1 Å². The summed E-state index contributed by atoms with van der Waals surface area (Å²) in [5, 5.41) is 3.87. The number of hydrogen-bond acceptors (Lipinski definition) is 5. The largest absolute Gasteiger partial charge is 0.264 e. The molecular weight excluding hydrogens is 290 g/mol. The SMILES string of the molecule is C=CCN=C(NS(=O)(=O)c1ccc(C)cc1)n1cncn1. The van der Waals surface area contributed by atoms with Crippen LogP contribution in [0.1, 0.15) is 5.56 Å². The lowest BCUT2D eigenvalue weighted by molar-refractivity contribution is 0.591. The monoisotopic (exact) mass is 305 g/mol. The van der Waals surface area contributed by atoms with Gasteiger partial charge in [-0.15, -0.1) is 6.58 Å². The zero-order valence-electron chi connectivity index (χ0n) is 11.5. The van der Waals surface area contributed by atoms with E-state index in [4.69, 9.17) is 0 Å². The summed E-state index contributed by atoms with van der Waals surface area (Å²) in [7, 11) is -3.74. The number of aromatic nitrogens is 3. The molecule has 0 aliphatic carbocycles. The molecule has 0 spiro atoms. The zero-order chi connectivity index (χ0) is 15.3. The van der Waals surface area contributed by atoms with Gasteiger partial charge in [0.1, 0.15) is 12.7 Å². The minimum atomic E-state index is -3.74. The number of sulfonamides is 1. The Morgan fingerprint density at radius 2 is 2.14 bits per heavy atom. The second kappa shape index (κ2) is 6.31. The highest BCUT2D eigenvalue weighted by atomic mass is 32.2. The van der Waals surface area contributed by atoms with Gasteiger partial charge >= 0.3 is 0 Å². The Balaban J connectivity index is 2.31. The maximum atomic E-state index is 12.3. The third-order valence-corrected chi connectivity index (χ3v) is 3.91. The fourth-order valence-electron chi connectivity index (χ4n) is 1.52. The van der Waals surface area contributed by atoms with Gasteiger partial charge in [0.2, 0.25) is 5.96 Å². The van der Waals surface area contributed by atoms with Crippen LogP contribution in [0.25, 0.3) is 0 Å². The van der Waals surface area contributed by atoms with Crippen molar-refractivity contribution >= 4 is 16.0 Å². The van der Waals surface area contributed by atoms with E-state index in [1.54, 1.807) is 18.2 Å². The lowest BCUT2D eigenvalue weighted by Gasteiger charge is -2.10. The van der Waals surface area contributed by atoms with Crippen LogP contribution >= 0.6 is 0 Å². The minimum Gasteiger partial charge on any atom is -0.247 e. The van der Waals surface area contributed by atoms with Crippen LogP contribution < -0.4 is 4.72 Å². The second-order valence-corrected chi connectivity index (χ2v) is 5.89. The van der Waals surface area contributed by atoms with E-state index in [-0.39, 0.29) is 17.4 Å². The molecule has 110 valence electrons. The molecule has 0 aliphatic rings. The van der Waals surface area contributed by atoms with Gasteiger partial charge in [0, 0.05) is 0 Å². The first-order valence-corrected chi connectivity index (χ1v) is 7.61. The average molecular weight is 305 g/mol. The third-order valence-electron chi connectivity index (χ3n) is 2.56. The molecular formula is C13H15N5O2S. The van der Waals surface area contributed by atoms with Crippen LogP contribution in [0.2, 0.25) is 0 Å². The molecule has 21 heavy (non-hydrogen) atoms. The van der Waals surface area contributed by atoms with Gasteiger partial charge in [-0.3, -0.25) is 0 Å². The second-order valence-electron chi connectivity index (χ2n) is 4.21. The van der Waals surface area contributed by atoms with Gasteiger partial charge in [0.05, 0.1) is 11.4 Å². The summed E-state index contributed by atoms with van der Waals surface area (Å²) in [5.74, 6) is 0.0629. The van der Waals surface area contributed by atoms with Crippen molar-refractivity contribution in [2.75, 3.05) is 6.54 Å². The Morgan fingerprint density at radius 1 is 1.43 bits per heavy atom. The zero-order valence-corrected chi connectivity index (χ0v) is 12.3. The molecule has 1 heterocycles. The van der Waals surface area contributed by atoms with E-state index >= 15 is 0 Å². The first-order valence-electron chi connectivity index (χ1n) is 6.13. The van der Waals surface area contributed by atoms with Crippen molar-refractivity contribution in [3.05, 3.63) is 55.1 Å². The summed E-state index contributed by atoms with van der Waals surface area (Å²) in [6.45, 7) is 5.69. The molecule has 0 aliphatic heterocycles. The number of nitrogens with one attached hydrogen (secondary N) is 1. The third kappa shape index (κ3) is 3.76. The van der Waals surface area contributed by atoms with Gasteiger partial charge in [-0.1, -0.05) is 23.8 Å². The molecule has 0 radical (unpaired) electrons. The fourth-order valence-corrected chi connectivity index (χ4v) is 2.53. The fraction of sp³-hybridized carbons (Fsp3) is 0.154. The van der Waals surface area contributed by atoms with Gasteiger partial charge in [0.25, 0.3) is 10.0 Å². The van der Waals surface area contributed by atoms with Crippen LogP contribution in [0.15, 0.2) is 59.5 Å². The number of hydrogen-bond donors (Lipinski definition) is 1. The van der Waals surface area contributed by atoms with Crippen LogP contribution in [0, 0.1) is 6.92 Å². The van der Waals surface area contributed by atoms with Crippen molar-refractivity contribution < 1.29 is 8.42 Å². The van der Waals surface area contributed by atoms with E-state index in [1.165, 1.54) is 29.5 Å². The highest BCUT2D eigenvalue weighted by molar-refractivity contribution is 7.90. The summed E-state index contributed by atoms with van der Waals surface area (Å²) in [4.78, 5) is 8.01. The van der Waals surface area contributed by atoms with E-state index in [2.05, 4.69) is 26.4 Å². The van der Waals surface area contributed by atoms with Crippen molar-refractivity contribution in [3.63, 3.8) is 0 Å². The highest BCUT2D eigenvalue weighted by Crippen LogP contribution is 2.09. The number of aryl methyl sites for hydroxylation is 1. The van der Waals surface area contributed by atoms with Crippen LogP contribution in [-0.4, -0.2) is 35.7 Å². The Labute approximate surface area is 123 Å². The Kier molecular flexibility index (Phi) is 4.49. The van der Waals surface area contributed by atoms with Crippen LogP contribution in [-0.2, 0) is 10.0 Å². The molecule has 1 N–H and O–H groups in total. The number of rotatable bonds is 4. The Morgan fingerprint density at radius 3 is 2.71 bits per heavy atom. The Hall–Kier alpha value is -2.48. The van der Waals surface area contributed by atoms with Crippen molar-refractivity contribution in [3.8, 4) is 0 Å². The maximum Gasteiger partial charge on any atom is 0.264 e. The van der Waals surface area contributed by atoms with Gasteiger partial charge < -0.3 is 0 Å². The summed E-state index contributed by atoms with van der Waals surface area (Å²) in [6.07, 6.45) is 4.21. The van der Waals surface area contributed by atoms with E-state index in [0.29, 0.717) is 0 Å². The topological polar surface area (TPSA) is 89.2 Å². The maximum absolute atomic E-state index is 12.3. The summed E-state index contributed by atoms with van der Waals surface area (Å²) in [6, 6.07) is 6.52. The lowest BCUT2D eigenvalue weighted by atomic mass is 10.2. The molecule has 0 unspecified atom stereocenters. The van der Waals surface area contributed by atoms with E-state index in [1.807, 2.05) is 6.92 Å². The number of nitrogens with zero attached hydrogens (tertiary/aromatic N) is 4. The Bertz CT molecular complexity index is 733. The van der Waals surface area contributed by atoms with Crippen LogP contribution in [0.3, 0.4) is 0 Å². The standard InChI is InChI=1S/C13H15N5O2S/c1-3-8-15-13(18-10-14-9-16-18)17-21(19,20)12-6-4-11(2)5-7-12/h3-7,9-10H,1,8H2,2H3,(H,15,17). The number of aliphatic imine (C=N–C) groups is 1. The molecule has 0 atom stereocenters. The molecule has 0 saturated carbocycles. The van der Waals surface area contributed by atoms with Gasteiger partial charge in [-0.05, 0) is 19.1 Å². The lowest BCUT2D eigenvalue weighted by Crippen LogP contribution is -2.36. The van der Waals surface area contributed by atoms with E-state index < -0.39 is 10.0 Å². The molecule has 8 heteroatoms. The minimum absolute atomic E-state index is 0.0629. The molecule has 2 aromatic rings. The molecule has 0 bridgehead atoms. The average Bonchev–Trinajstić information content (AvgIpc) is 2.98. The summed E-state index contributed by atoms with van der Waals surface area (Å²) >= 11 is 0. The quantitative estimate of drug-likeness (QED) is 0.517. The first-order chi connectivity index (χ1) is 10.0. The summed E-state index contributed by atoms with van der Waals surface area (Å²) < 4.78 is 28.3. The molecule has 0 fully saturated rings. The molecule has 1 aromatic heterocycles. The van der Waals surface area contributed by atoms with E-state index in [0.717, 1.165) is 5.56 Å². The predicted molar refractivity (Wildman–Crippen MR) is 79.4 cm³/mol. The van der Waals surface area contributed by atoms with E-state index in [9.17, 15) is 8.42 Å². The molecule has 0 saturated heterocycles. The van der Waals surface area contributed by atoms with Crippen LogP contribution in [0.4, 0.5) is 0 Å². The van der Waals surface area contributed by atoms with Crippen molar-refractivity contribution in [1.82, 2.24) is 19.5 Å².